The van der Waals surface area contributed by atoms with Crippen molar-refractivity contribution in [3.63, 3.8) is 0 Å². The summed E-state index contributed by atoms with van der Waals surface area (Å²) in [5.74, 6) is -0.0205. The topological polar surface area (TPSA) is 46.5 Å². The second kappa shape index (κ2) is 17.6. The van der Waals surface area contributed by atoms with Gasteiger partial charge in [0.25, 0.3) is 0 Å². The van der Waals surface area contributed by atoms with Crippen molar-refractivity contribution in [1.82, 2.24) is 0 Å². The van der Waals surface area contributed by atoms with Gasteiger partial charge in [-0.25, -0.2) is 4.79 Å². The number of carbonyl (C=O) groups is 1. The molecular formula is C31H42O3. The predicted molar refractivity (Wildman–Crippen MR) is 144 cm³/mol. The molecule has 0 saturated carbocycles. The van der Waals surface area contributed by atoms with Crippen LogP contribution in [0.5, 0.6) is 5.75 Å². The van der Waals surface area contributed by atoms with E-state index in [1.165, 1.54) is 64.2 Å². The maximum Gasteiger partial charge on any atom is 0.335 e. The summed E-state index contributed by atoms with van der Waals surface area (Å²) in [6, 6.07) is 14.9. The van der Waals surface area contributed by atoms with Gasteiger partial charge in [0.05, 0.1) is 12.2 Å². The fourth-order valence-corrected chi connectivity index (χ4v) is 3.83. The molecule has 0 aliphatic carbocycles. The van der Waals surface area contributed by atoms with E-state index in [0.717, 1.165) is 36.3 Å². The van der Waals surface area contributed by atoms with Gasteiger partial charge in [0.2, 0.25) is 0 Å². The lowest BCUT2D eigenvalue weighted by atomic mass is 10.0. The Balaban J connectivity index is 1.46. The van der Waals surface area contributed by atoms with Gasteiger partial charge in [-0.15, -0.1) is 0 Å². The van der Waals surface area contributed by atoms with E-state index in [0.29, 0.717) is 5.56 Å². The van der Waals surface area contributed by atoms with Crippen molar-refractivity contribution in [1.29, 1.82) is 0 Å². The van der Waals surface area contributed by atoms with E-state index in [9.17, 15) is 4.79 Å². The van der Waals surface area contributed by atoms with Crippen molar-refractivity contribution >= 4 is 5.97 Å². The molecule has 34 heavy (non-hydrogen) atoms. The molecule has 0 bridgehead atoms. The van der Waals surface area contributed by atoms with E-state index in [4.69, 9.17) is 9.84 Å². The molecular weight excluding hydrogens is 420 g/mol. The first kappa shape index (κ1) is 27.4. The van der Waals surface area contributed by atoms with Crippen LogP contribution in [0.1, 0.15) is 94.3 Å². The molecule has 0 atom stereocenters. The molecule has 0 amide bonds. The molecule has 0 radical (unpaired) electrons. The fraction of sp³-hybridized carbons (Fsp3) is 0.452. The SMILES string of the molecule is CCCCC/C=C/C/C=C/CCCCCCCCOc1ccc(-c2ccc(C(=O)O)cc2)cc1. The van der Waals surface area contributed by atoms with Crippen LogP contribution in [0.4, 0.5) is 0 Å². The van der Waals surface area contributed by atoms with Crippen LogP contribution in [0, 0.1) is 0 Å². The van der Waals surface area contributed by atoms with Gasteiger partial charge < -0.3 is 9.84 Å². The van der Waals surface area contributed by atoms with Crippen molar-refractivity contribution in [3.8, 4) is 16.9 Å². The number of ether oxygens (including phenoxy) is 1. The minimum atomic E-state index is -0.903. The largest absolute Gasteiger partial charge is 0.494 e. The summed E-state index contributed by atoms with van der Waals surface area (Å²) in [5.41, 5.74) is 2.36. The molecule has 0 heterocycles. The Morgan fingerprint density at radius 2 is 1.24 bits per heavy atom. The van der Waals surface area contributed by atoms with E-state index in [1.54, 1.807) is 12.1 Å². The summed E-state index contributed by atoms with van der Waals surface area (Å²) in [7, 11) is 0. The van der Waals surface area contributed by atoms with Crippen LogP contribution in [-0.2, 0) is 0 Å². The number of hydrogen-bond acceptors (Lipinski definition) is 2. The van der Waals surface area contributed by atoms with Crippen LogP contribution in [0.3, 0.4) is 0 Å². The Kier molecular flexibility index (Phi) is 14.2. The van der Waals surface area contributed by atoms with E-state index in [1.807, 2.05) is 36.4 Å². The summed E-state index contributed by atoms with van der Waals surface area (Å²) in [4.78, 5) is 11.0. The van der Waals surface area contributed by atoms with Crippen molar-refractivity contribution in [3.05, 3.63) is 78.4 Å². The molecule has 0 fully saturated rings. The number of carboxylic acid groups (broad SMARTS) is 1. The first-order valence-corrected chi connectivity index (χ1v) is 13.1. The summed E-state index contributed by atoms with van der Waals surface area (Å²) in [5, 5.41) is 9.00. The van der Waals surface area contributed by atoms with Crippen LogP contribution >= 0.6 is 0 Å². The highest BCUT2D eigenvalue weighted by Gasteiger charge is 2.03. The van der Waals surface area contributed by atoms with Crippen LogP contribution in [0.2, 0.25) is 0 Å². The van der Waals surface area contributed by atoms with Crippen LogP contribution in [0.15, 0.2) is 72.8 Å². The van der Waals surface area contributed by atoms with Gasteiger partial charge in [0, 0.05) is 0 Å². The number of rotatable bonds is 18. The van der Waals surface area contributed by atoms with Crippen molar-refractivity contribution in [2.75, 3.05) is 6.61 Å². The second-order valence-electron chi connectivity index (χ2n) is 8.84. The summed E-state index contributed by atoms with van der Waals surface area (Å²) in [6.07, 6.45) is 24.2. The van der Waals surface area contributed by atoms with Crippen molar-refractivity contribution in [2.45, 2.75) is 84.0 Å². The predicted octanol–water partition coefficient (Wildman–Crippen LogP) is 9.24. The Morgan fingerprint density at radius 3 is 1.82 bits per heavy atom. The summed E-state index contributed by atoms with van der Waals surface area (Å²) >= 11 is 0. The number of carboxylic acids is 1. The minimum absolute atomic E-state index is 0.303. The van der Waals surface area contributed by atoms with E-state index in [2.05, 4.69) is 31.2 Å². The van der Waals surface area contributed by atoms with Gasteiger partial charge in [-0.3, -0.25) is 0 Å². The van der Waals surface area contributed by atoms with Gasteiger partial charge in [0.15, 0.2) is 0 Å². The lowest BCUT2D eigenvalue weighted by Gasteiger charge is -2.08. The maximum absolute atomic E-state index is 11.0. The molecule has 0 aromatic heterocycles. The summed E-state index contributed by atoms with van der Waals surface area (Å²) in [6.45, 7) is 3.00. The average molecular weight is 463 g/mol. The molecule has 0 aliphatic rings. The molecule has 3 nitrogen and oxygen atoms in total. The third-order valence-corrected chi connectivity index (χ3v) is 5.93. The molecule has 3 heteroatoms. The van der Waals surface area contributed by atoms with Gasteiger partial charge in [0.1, 0.15) is 5.75 Å². The lowest BCUT2D eigenvalue weighted by molar-refractivity contribution is 0.0697. The first-order chi connectivity index (χ1) is 16.7. The molecule has 184 valence electrons. The Labute approximate surface area is 206 Å². The van der Waals surface area contributed by atoms with E-state index in [-0.39, 0.29) is 0 Å². The highest BCUT2D eigenvalue weighted by Crippen LogP contribution is 2.23. The van der Waals surface area contributed by atoms with E-state index >= 15 is 0 Å². The van der Waals surface area contributed by atoms with Gasteiger partial charge in [-0.1, -0.05) is 94.0 Å². The van der Waals surface area contributed by atoms with Crippen LogP contribution < -0.4 is 4.74 Å². The zero-order chi connectivity index (χ0) is 24.3. The van der Waals surface area contributed by atoms with Gasteiger partial charge in [-0.2, -0.15) is 0 Å². The molecule has 0 unspecified atom stereocenters. The minimum Gasteiger partial charge on any atom is -0.494 e. The van der Waals surface area contributed by atoms with Crippen molar-refractivity contribution in [2.24, 2.45) is 0 Å². The number of hydrogen-bond donors (Lipinski definition) is 1. The third kappa shape index (κ3) is 11.9. The number of aromatic carboxylic acids is 1. The van der Waals surface area contributed by atoms with Crippen molar-refractivity contribution < 1.29 is 14.6 Å². The molecule has 2 aromatic carbocycles. The normalized spacial score (nSPS) is 11.4. The van der Waals surface area contributed by atoms with Gasteiger partial charge >= 0.3 is 5.97 Å². The first-order valence-electron chi connectivity index (χ1n) is 13.1. The molecule has 1 N–H and O–H groups in total. The zero-order valence-electron chi connectivity index (χ0n) is 20.9. The van der Waals surface area contributed by atoms with E-state index < -0.39 is 5.97 Å². The third-order valence-electron chi connectivity index (χ3n) is 5.93. The number of allylic oxidation sites excluding steroid dienone is 4. The highest BCUT2D eigenvalue weighted by atomic mass is 16.5. The molecule has 2 aromatic rings. The zero-order valence-corrected chi connectivity index (χ0v) is 20.9. The van der Waals surface area contributed by atoms with Crippen LogP contribution in [0.25, 0.3) is 11.1 Å². The van der Waals surface area contributed by atoms with Crippen LogP contribution in [-0.4, -0.2) is 17.7 Å². The number of unbranched alkanes of at least 4 members (excludes halogenated alkanes) is 9. The van der Waals surface area contributed by atoms with Gasteiger partial charge in [-0.05, 0) is 73.9 Å². The Morgan fingerprint density at radius 1 is 0.706 bits per heavy atom. The summed E-state index contributed by atoms with van der Waals surface area (Å²) < 4.78 is 5.87. The highest BCUT2D eigenvalue weighted by molar-refractivity contribution is 5.88. The monoisotopic (exact) mass is 462 g/mol. The lowest BCUT2D eigenvalue weighted by Crippen LogP contribution is -1.97. The average Bonchev–Trinajstić information content (AvgIpc) is 2.86. The quantitative estimate of drug-likeness (QED) is 0.177. The Bertz CT molecular complexity index is 847. The molecule has 0 saturated heterocycles. The molecule has 2 rings (SSSR count). The maximum atomic E-state index is 11.0. The standard InChI is InChI=1S/C31H42O3/c1-2-3-4-5-6-7-8-9-10-11-12-13-14-15-16-17-26-34-30-24-22-28(23-25-30)27-18-20-29(21-19-27)31(32)33/h6-7,9-10,18-25H,2-5,8,11-17,26H2,1H3,(H,32,33)/b7-6+,10-9+. The fourth-order valence-electron chi connectivity index (χ4n) is 3.83. The smallest absolute Gasteiger partial charge is 0.335 e. The number of benzene rings is 2. The molecule has 0 spiro atoms. The second-order valence-corrected chi connectivity index (χ2v) is 8.84. The Hall–Kier alpha value is -2.81. The molecule has 0 aliphatic heterocycles.